The second-order valence-corrected chi connectivity index (χ2v) is 8.27. The summed E-state index contributed by atoms with van der Waals surface area (Å²) >= 11 is 0. The van der Waals surface area contributed by atoms with Crippen molar-refractivity contribution < 1.29 is 24.2 Å². The van der Waals surface area contributed by atoms with Crippen LogP contribution in [0.2, 0.25) is 0 Å². The van der Waals surface area contributed by atoms with Crippen molar-refractivity contribution in [1.82, 2.24) is 0 Å². The molecule has 2 unspecified atom stereocenters. The third-order valence-electron chi connectivity index (χ3n) is 5.86. The van der Waals surface area contributed by atoms with Crippen molar-refractivity contribution in [2.24, 2.45) is 5.92 Å². The Labute approximate surface area is 169 Å². The van der Waals surface area contributed by atoms with E-state index in [-0.39, 0.29) is 17.7 Å². The zero-order valence-corrected chi connectivity index (χ0v) is 17.5. The molecular formula is C23H38O5. The Bertz CT molecular complexity index is 519. The molecule has 5 heteroatoms. The molecule has 28 heavy (non-hydrogen) atoms. The van der Waals surface area contributed by atoms with Crippen LogP contribution in [0.4, 0.5) is 0 Å². The molecule has 0 radical (unpaired) electrons. The van der Waals surface area contributed by atoms with Gasteiger partial charge >= 0.3 is 5.97 Å². The standard InChI is InChI=1S/C23H38O5/c1-2-3-4-10-15-27-22(25)13-8-6-5-7-12-19-17-20(18-21(19)24)23(26)14-9-11-16-28-23/h17,20,26H,2-16,18H2,1H3. The van der Waals surface area contributed by atoms with Crippen LogP contribution in [-0.2, 0) is 19.1 Å². The predicted molar refractivity (Wildman–Crippen MR) is 109 cm³/mol. The highest BCUT2D eigenvalue weighted by Gasteiger charge is 2.42. The Hall–Kier alpha value is -1.20. The summed E-state index contributed by atoms with van der Waals surface area (Å²) < 4.78 is 10.8. The maximum atomic E-state index is 12.2. The van der Waals surface area contributed by atoms with Gasteiger partial charge in [-0.3, -0.25) is 9.59 Å². The van der Waals surface area contributed by atoms with Gasteiger partial charge < -0.3 is 14.6 Å². The van der Waals surface area contributed by atoms with Crippen LogP contribution in [0.25, 0.3) is 0 Å². The second-order valence-electron chi connectivity index (χ2n) is 8.27. The van der Waals surface area contributed by atoms with E-state index < -0.39 is 5.79 Å². The molecule has 1 N–H and O–H groups in total. The minimum absolute atomic E-state index is 0.0891. The molecule has 1 saturated heterocycles. The fraction of sp³-hybridized carbons (Fsp3) is 0.826. The highest BCUT2D eigenvalue weighted by atomic mass is 16.6. The van der Waals surface area contributed by atoms with Crippen LogP contribution in [0.3, 0.4) is 0 Å². The van der Waals surface area contributed by atoms with Gasteiger partial charge in [-0.05, 0) is 44.1 Å². The molecular weight excluding hydrogens is 356 g/mol. The van der Waals surface area contributed by atoms with Gasteiger partial charge in [-0.25, -0.2) is 0 Å². The highest BCUT2D eigenvalue weighted by Crippen LogP contribution is 2.38. The first kappa shape index (κ1) is 23.1. The van der Waals surface area contributed by atoms with E-state index >= 15 is 0 Å². The van der Waals surface area contributed by atoms with E-state index in [2.05, 4.69) is 6.92 Å². The molecule has 1 aliphatic heterocycles. The number of carbonyl (C=O) groups is 2. The lowest BCUT2D eigenvalue weighted by Gasteiger charge is -2.36. The number of ether oxygens (including phenoxy) is 2. The van der Waals surface area contributed by atoms with E-state index in [0.29, 0.717) is 32.5 Å². The minimum atomic E-state index is -1.15. The Kier molecular flexibility index (Phi) is 10.2. The maximum Gasteiger partial charge on any atom is 0.305 e. The van der Waals surface area contributed by atoms with Crippen LogP contribution in [-0.4, -0.2) is 35.9 Å². The van der Waals surface area contributed by atoms with Gasteiger partial charge in [0.1, 0.15) is 0 Å². The molecule has 1 aliphatic carbocycles. The smallest absolute Gasteiger partial charge is 0.305 e. The van der Waals surface area contributed by atoms with E-state index in [4.69, 9.17) is 9.47 Å². The van der Waals surface area contributed by atoms with Gasteiger partial charge in [-0.1, -0.05) is 45.1 Å². The van der Waals surface area contributed by atoms with Crippen LogP contribution in [0.15, 0.2) is 11.6 Å². The molecule has 0 spiro atoms. The van der Waals surface area contributed by atoms with Gasteiger partial charge in [0.05, 0.1) is 13.2 Å². The summed E-state index contributed by atoms with van der Waals surface area (Å²) in [6.07, 6.45) is 14.3. The third-order valence-corrected chi connectivity index (χ3v) is 5.86. The highest BCUT2D eigenvalue weighted by molar-refractivity contribution is 5.98. The average Bonchev–Trinajstić information content (AvgIpc) is 3.06. The van der Waals surface area contributed by atoms with Crippen molar-refractivity contribution in [1.29, 1.82) is 0 Å². The van der Waals surface area contributed by atoms with E-state index in [0.717, 1.165) is 63.4 Å². The fourth-order valence-corrected chi connectivity index (χ4v) is 4.06. The van der Waals surface area contributed by atoms with Gasteiger partial charge in [0, 0.05) is 25.2 Å². The zero-order valence-electron chi connectivity index (χ0n) is 17.5. The van der Waals surface area contributed by atoms with Gasteiger partial charge in [-0.2, -0.15) is 0 Å². The Morgan fingerprint density at radius 1 is 1.18 bits per heavy atom. The molecule has 5 nitrogen and oxygen atoms in total. The number of hydrogen-bond donors (Lipinski definition) is 1. The maximum absolute atomic E-state index is 12.2. The molecule has 2 atom stereocenters. The van der Waals surface area contributed by atoms with E-state index in [9.17, 15) is 14.7 Å². The van der Waals surface area contributed by atoms with Gasteiger partial charge in [0.15, 0.2) is 11.6 Å². The molecule has 0 saturated carbocycles. The number of unbranched alkanes of at least 4 members (excludes halogenated alkanes) is 6. The van der Waals surface area contributed by atoms with Crippen LogP contribution in [0.5, 0.6) is 0 Å². The van der Waals surface area contributed by atoms with Gasteiger partial charge in [-0.15, -0.1) is 0 Å². The van der Waals surface area contributed by atoms with Crippen LogP contribution in [0, 0.1) is 5.92 Å². The summed E-state index contributed by atoms with van der Waals surface area (Å²) in [5, 5.41) is 10.6. The quantitative estimate of drug-likeness (QED) is 0.357. The van der Waals surface area contributed by atoms with Crippen LogP contribution in [0.1, 0.15) is 96.8 Å². The molecule has 1 fully saturated rings. The lowest BCUT2D eigenvalue weighted by atomic mass is 9.91. The summed E-state index contributed by atoms with van der Waals surface area (Å²) in [4.78, 5) is 23.9. The molecule has 2 aliphatic rings. The number of hydrogen-bond acceptors (Lipinski definition) is 5. The molecule has 0 aromatic heterocycles. The molecule has 0 bridgehead atoms. The zero-order chi connectivity index (χ0) is 20.2. The van der Waals surface area contributed by atoms with E-state index in [1.165, 1.54) is 12.8 Å². The molecule has 160 valence electrons. The van der Waals surface area contributed by atoms with E-state index in [1.54, 1.807) is 0 Å². The molecule has 2 rings (SSSR count). The number of allylic oxidation sites excluding steroid dienone is 1. The molecule has 0 amide bonds. The van der Waals surface area contributed by atoms with Crippen molar-refractivity contribution >= 4 is 11.8 Å². The summed E-state index contributed by atoms with van der Waals surface area (Å²) in [6, 6.07) is 0. The van der Waals surface area contributed by atoms with Crippen molar-refractivity contribution in [3.63, 3.8) is 0 Å². The van der Waals surface area contributed by atoms with Crippen LogP contribution < -0.4 is 0 Å². The largest absolute Gasteiger partial charge is 0.466 e. The Morgan fingerprint density at radius 3 is 2.71 bits per heavy atom. The molecule has 0 aromatic carbocycles. The number of esters is 1. The van der Waals surface area contributed by atoms with Crippen molar-refractivity contribution in [3.05, 3.63) is 11.6 Å². The summed E-state index contributed by atoms with van der Waals surface area (Å²) in [7, 11) is 0. The number of ketones is 1. The summed E-state index contributed by atoms with van der Waals surface area (Å²) in [5.41, 5.74) is 0.846. The topological polar surface area (TPSA) is 72.8 Å². The minimum Gasteiger partial charge on any atom is -0.466 e. The summed E-state index contributed by atoms with van der Waals surface area (Å²) in [6.45, 7) is 3.29. The van der Waals surface area contributed by atoms with Crippen LogP contribution >= 0.6 is 0 Å². The Balaban J connectivity index is 1.55. The number of rotatable bonds is 13. The fourth-order valence-electron chi connectivity index (χ4n) is 4.06. The Morgan fingerprint density at radius 2 is 1.96 bits per heavy atom. The SMILES string of the molecule is CCCCCCOC(=O)CCCCCCC1=CC(C2(O)CCCCO2)CC1=O. The lowest BCUT2D eigenvalue weighted by Crippen LogP contribution is -2.42. The first-order chi connectivity index (χ1) is 13.5. The second kappa shape index (κ2) is 12.4. The number of aliphatic hydroxyl groups is 1. The van der Waals surface area contributed by atoms with Crippen molar-refractivity contribution in [3.8, 4) is 0 Å². The lowest BCUT2D eigenvalue weighted by molar-refractivity contribution is -0.246. The van der Waals surface area contributed by atoms with Gasteiger partial charge in [0.25, 0.3) is 0 Å². The summed E-state index contributed by atoms with van der Waals surface area (Å²) in [5.74, 6) is -1.28. The molecule has 0 aromatic rings. The normalized spacial score (nSPS) is 25.0. The van der Waals surface area contributed by atoms with Crippen molar-refractivity contribution in [2.45, 2.75) is 103 Å². The molecule has 1 heterocycles. The van der Waals surface area contributed by atoms with E-state index in [1.807, 2.05) is 6.08 Å². The number of carbonyl (C=O) groups excluding carboxylic acids is 2. The van der Waals surface area contributed by atoms with Gasteiger partial charge in [0.2, 0.25) is 0 Å². The number of Topliss-reactive ketones (excluding diaryl/α,β-unsaturated/α-hetero) is 1. The van der Waals surface area contributed by atoms with Crippen molar-refractivity contribution in [2.75, 3.05) is 13.2 Å². The first-order valence-electron chi connectivity index (χ1n) is 11.3. The first-order valence-corrected chi connectivity index (χ1v) is 11.3. The monoisotopic (exact) mass is 394 g/mol. The average molecular weight is 395 g/mol. The third kappa shape index (κ3) is 7.67. The predicted octanol–water partition coefficient (Wildman–Crippen LogP) is 4.86.